The third-order valence-electron chi connectivity index (χ3n) is 7.55. The van der Waals surface area contributed by atoms with Gasteiger partial charge in [0.1, 0.15) is 18.1 Å². The number of carbonyl (C=O) groups excluding carboxylic acids is 3. The van der Waals surface area contributed by atoms with Gasteiger partial charge in [-0.1, -0.05) is 55.0 Å². The number of nitrogens with one attached hydrogen (secondary N) is 5. The number of para-hydroxylation sites is 1. The topological polar surface area (TPSA) is 221 Å². The predicted molar refractivity (Wildman–Crippen MR) is 169 cm³/mol. The maximum Gasteiger partial charge on any atom is 0.326 e. The molecule has 45 heavy (non-hydrogen) atoms. The molecular formula is C32H40N8O5. The second-order valence-electron chi connectivity index (χ2n) is 10.9. The SMILES string of the molecule is NCCCCC(N)C(=O)NC(Cc1cnc[nH]1)C(=O)NC(Cc1c[nH]c2ccccc12)C(=O)NC(Cc1ccccc1)C(=O)O. The maximum atomic E-state index is 13.8. The molecule has 0 aliphatic heterocycles. The first-order valence-corrected chi connectivity index (χ1v) is 14.9. The second-order valence-corrected chi connectivity index (χ2v) is 10.9. The largest absolute Gasteiger partial charge is 0.480 e. The Hall–Kier alpha value is -5.01. The van der Waals surface area contributed by atoms with Crippen LogP contribution < -0.4 is 27.4 Å². The molecule has 4 aromatic rings. The molecule has 0 aliphatic carbocycles. The van der Waals surface area contributed by atoms with Crippen LogP contribution in [0.1, 0.15) is 36.1 Å². The van der Waals surface area contributed by atoms with Gasteiger partial charge in [0.2, 0.25) is 17.7 Å². The summed E-state index contributed by atoms with van der Waals surface area (Å²) in [6.07, 6.45) is 6.67. The summed E-state index contributed by atoms with van der Waals surface area (Å²) in [5.74, 6) is -3.04. The monoisotopic (exact) mass is 616 g/mol. The van der Waals surface area contributed by atoms with Crippen molar-refractivity contribution in [3.8, 4) is 0 Å². The lowest BCUT2D eigenvalue weighted by molar-refractivity contribution is -0.142. The standard InChI is InChI=1S/C32H40N8O5/c33-13-7-6-11-24(34)29(41)38-27(16-22-18-35-19-37-22)31(43)39-26(15-21-17-36-25-12-5-4-10-23(21)25)30(42)40-28(32(44)45)14-20-8-2-1-3-9-20/h1-5,8-10,12,17-19,24,26-28,36H,6-7,11,13-16,33-34H2,(H,35,37)(H,38,41)(H,39,43)(H,40,42)(H,44,45). The second kappa shape index (κ2) is 16.2. The number of aromatic nitrogens is 3. The molecule has 0 spiro atoms. The summed E-state index contributed by atoms with van der Waals surface area (Å²) in [6, 6.07) is 12.1. The smallest absolute Gasteiger partial charge is 0.326 e. The van der Waals surface area contributed by atoms with E-state index in [4.69, 9.17) is 11.5 Å². The molecule has 2 heterocycles. The molecule has 0 radical (unpaired) electrons. The van der Waals surface area contributed by atoms with Crippen molar-refractivity contribution in [1.29, 1.82) is 0 Å². The highest BCUT2D eigenvalue weighted by Crippen LogP contribution is 2.19. The highest BCUT2D eigenvalue weighted by Gasteiger charge is 2.31. The van der Waals surface area contributed by atoms with Gasteiger partial charge in [0.05, 0.1) is 12.4 Å². The normalized spacial score (nSPS) is 13.8. The first-order chi connectivity index (χ1) is 21.7. The number of aliphatic carboxylic acids is 1. The zero-order valence-corrected chi connectivity index (χ0v) is 24.9. The molecule has 0 bridgehead atoms. The van der Waals surface area contributed by atoms with Gasteiger partial charge in [0.25, 0.3) is 0 Å². The summed E-state index contributed by atoms with van der Waals surface area (Å²) >= 11 is 0. The van der Waals surface area contributed by atoms with E-state index in [-0.39, 0.29) is 19.3 Å². The minimum atomic E-state index is -1.24. The van der Waals surface area contributed by atoms with E-state index in [1.54, 1.807) is 30.5 Å². The average molecular weight is 617 g/mol. The first kappa shape index (κ1) is 32.9. The third-order valence-corrected chi connectivity index (χ3v) is 7.55. The van der Waals surface area contributed by atoms with Crippen molar-refractivity contribution in [2.75, 3.05) is 6.54 Å². The van der Waals surface area contributed by atoms with E-state index in [9.17, 15) is 24.3 Å². The van der Waals surface area contributed by atoms with Gasteiger partial charge in [-0.15, -0.1) is 0 Å². The van der Waals surface area contributed by atoms with Crippen molar-refractivity contribution >= 4 is 34.6 Å². The fraction of sp³-hybridized carbons (Fsp3) is 0.344. The van der Waals surface area contributed by atoms with Crippen molar-refractivity contribution in [2.45, 2.75) is 62.7 Å². The molecule has 2 aromatic carbocycles. The summed E-state index contributed by atoms with van der Waals surface area (Å²) in [5, 5.41) is 18.9. The Morgan fingerprint density at radius 2 is 1.47 bits per heavy atom. The Bertz CT molecular complexity index is 1560. The van der Waals surface area contributed by atoms with Crippen LogP contribution in [0.3, 0.4) is 0 Å². The summed E-state index contributed by atoms with van der Waals surface area (Å²) < 4.78 is 0. The quantitative estimate of drug-likeness (QED) is 0.0795. The molecule has 13 heteroatoms. The Labute approximate surface area is 260 Å². The van der Waals surface area contributed by atoms with E-state index in [0.717, 1.165) is 22.0 Å². The summed E-state index contributed by atoms with van der Waals surface area (Å²) in [4.78, 5) is 62.7. The van der Waals surface area contributed by atoms with E-state index in [1.165, 1.54) is 12.5 Å². The van der Waals surface area contributed by atoms with Crippen molar-refractivity contribution in [2.24, 2.45) is 11.5 Å². The van der Waals surface area contributed by atoms with Crippen molar-refractivity contribution in [1.82, 2.24) is 30.9 Å². The number of benzene rings is 2. The molecule has 0 aliphatic rings. The van der Waals surface area contributed by atoms with Crippen molar-refractivity contribution < 1.29 is 24.3 Å². The van der Waals surface area contributed by atoms with Crippen LogP contribution >= 0.6 is 0 Å². The van der Waals surface area contributed by atoms with Gasteiger partial charge < -0.3 is 42.5 Å². The molecule has 0 fully saturated rings. The zero-order chi connectivity index (χ0) is 32.2. The van der Waals surface area contributed by atoms with E-state index >= 15 is 0 Å². The predicted octanol–water partition coefficient (Wildman–Crippen LogP) is 0.914. The van der Waals surface area contributed by atoms with Gasteiger partial charge in [0.15, 0.2) is 0 Å². The molecule has 238 valence electrons. The van der Waals surface area contributed by atoms with Gasteiger partial charge in [-0.25, -0.2) is 9.78 Å². The minimum absolute atomic E-state index is 0.0518. The zero-order valence-electron chi connectivity index (χ0n) is 24.9. The number of amides is 3. The van der Waals surface area contributed by atoms with E-state index in [0.29, 0.717) is 31.5 Å². The summed E-state index contributed by atoms with van der Waals surface area (Å²) in [5.41, 5.74) is 14.5. The number of fused-ring (bicyclic) bond motifs is 1. The molecule has 2 aromatic heterocycles. The van der Waals surface area contributed by atoms with Gasteiger partial charge in [-0.2, -0.15) is 0 Å². The average Bonchev–Trinajstić information content (AvgIpc) is 3.70. The highest BCUT2D eigenvalue weighted by molar-refractivity contribution is 5.95. The lowest BCUT2D eigenvalue weighted by atomic mass is 10.0. The number of imidazole rings is 1. The molecular weight excluding hydrogens is 576 g/mol. The number of carboxylic acid groups (broad SMARTS) is 1. The van der Waals surface area contributed by atoms with Crippen LogP contribution in [-0.2, 0) is 38.4 Å². The Morgan fingerprint density at radius 3 is 2.16 bits per heavy atom. The summed E-state index contributed by atoms with van der Waals surface area (Å²) in [7, 11) is 0. The molecule has 13 nitrogen and oxygen atoms in total. The first-order valence-electron chi connectivity index (χ1n) is 14.9. The number of hydrogen-bond acceptors (Lipinski definition) is 7. The lowest BCUT2D eigenvalue weighted by Crippen LogP contribution is -2.58. The Kier molecular flexibility index (Phi) is 11.8. The van der Waals surface area contributed by atoms with Crippen LogP contribution in [0.2, 0.25) is 0 Å². The number of nitrogens with two attached hydrogens (primary N) is 2. The highest BCUT2D eigenvalue weighted by atomic mass is 16.4. The number of unbranched alkanes of at least 4 members (excludes halogenated alkanes) is 1. The molecule has 4 atom stereocenters. The van der Waals surface area contributed by atoms with Gasteiger partial charge in [-0.3, -0.25) is 14.4 Å². The Balaban J connectivity index is 1.57. The molecule has 0 saturated carbocycles. The Morgan fingerprint density at radius 1 is 0.800 bits per heavy atom. The molecule has 10 N–H and O–H groups in total. The van der Waals surface area contributed by atoms with Crippen LogP contribution in [0, 0.1) is 0 Å². The number of hydrogen-bond donors (Lipinski definition) is 8. The fourth-order valence-corrected chi connectivity index (χ4v) is 5.07. The van der Waals surface area contributed by atoms with Crippen molar-refractivity contribution in [3.63, 3.8) is 0 Å². The summed E-state index contributed by atoms with van der Waals surface area (Å²) in [6.45, 7) is 0.479. The number of carbonyl (C=O) groups is 4. The fourth-order valence-electron chi connectivity index (χ4n) is 5.07. The molecule has 3 amide bonds. The number of aromatic amines is 2. The third kappa shape index (κ3) is 9.49. The van der Waals surface area contributed by atoms with E-state index < -0.39 is 47.9 Å². The van der Waals surface area contributed by atoms with Crippen LogP contribution in [0.4, 0.5) is 0 Å². The van der Waals surface area contributed by atoms with E-state index in [1.807, 2.05) is 30.3 Å². The van der Waals surface area contributed by atoms with Gasteiger partial charge in [0, 0.05) is 48.3 Å². The van der Waals surface area contributed by atoms with Crippen molar-refractivity contribution in [3.05, 3.63) is 90.1 Å². The number of carboxylic acids is 1. The van der Waals surface area contributed by atoms with Crippen LogP contribution in [-0.4, -0.2) is 74.5 Å². The minimum Gasteiger partial charge on any atom is -0.480 e. The number of rotatable bonds is 17. The number of nitrogens with zero attached hydrogens (tertiary/aromatic N) is 1. The molecule has 4 unspecified atom stereocenters. The molecule has 4 rings (SSSR count). The van der Waals surface area contributed by atoms with E-state index in [2.05, 4.69) is 30.9 Å². The maximum absolute atomic E-state index is 13.8. The number of H-pyrrole nitrogens is 2. The van der Waals surface area contributed by atoms with Crippen LogP contribution in [0.25, 0.3) is 10.9 Å². The van der Waals surface area contributed by atoms with Gasteiger partial charge >= 0.3 is 5.97 Å². The lowest BCUT2D eigenvalue weighted by Gasteiger charge is -2.25. The van der Waals surface area contributed by atoms with Gasteiger partial charge in [-0.05, 0) is 36.6 Å². The van der Waals surface area contributed by atoms with Crippen LogP contribution in [0.5, 0.6) is 0 Å². The molecule has 0 saturated heterocycles. The van der Waals surface area contributed by atoms with Crippen LogP contribution in [0.15, 0.2) is 73.3 Å².